The van der Waals surface area contributed by atoms with Gasteiger partial charge < -0.3 is 23.2 Å². The summed E-state index contributed by atoms with van der Waals surface area (Å²) in [5.74, 6) is -0.846. The molecule has 0 aliphatic rings. The van der Waals surface area contributed by atoms with Crippen molar-refractivity contribution in [2.45, 2.75) is 58.8 Å². The lowest BCUT2D eigenvalue weighted by molar-refractivity contribution is 0.0422. The number of carbonyl (C=O) groups is 1. The van der Waals surface area contributed by atoms with Gasteiger partial charge in [-0.05, 0) is 49.1 Å². The van der Waals surface area contributed by atoms with Crippen LogP contribution in [0.25, 0.3) is 22.5 Å². The van der Waals surface area contributed by atoms with Gasteiger partial charge in [0.25, 0.3) is 0 Å². The van der Waals surface area contributed by atoms with Crippen LogP contribution in [0.2, 0.25) is 0 Å². The Morgan fingerprint density at radius 2 is 1.85 bits per heavy atom. The maximum atomic E-state index is 13.4. The van der Waals surface area contributed by atoms with Crippen LogP contribution < -0.4 is 5.82 Å². The molecule has 3 aromatic heterocycles. The van der Waals surface area contributed by atoms with E-state index in [1.165, 1.54) is 0 Å². The Bertz CT molecular complexity index is 1690. The van der Waals surface area contributed by atoms with Crippen molar-refractivity contribution in [2.75, 3.05) is 0 Å². The lowest BCUT2D eigenvalue weighted by atomic mass is 9.91. The highest BCUT2D eigenvalue weighted by Crippen LogP contribution is 2.31. The van der Waals surface area contributed by atoms with Crippen molar-refractivity contribution in [3.05, 3.63) is 93.9 Å². The van der Waals surface area contributed by atoms with E-state index < -0.39 is 17.4 Å². The summed E-state index contributed by atoms with van der Waals surface area (Å²) in [5, 5.41) is 24.8. The highest BCUT2D eigenvalue weighted by atomic mass is 16.6. The van der Waals surface area contributed by atoms with Gasteiger partial charge in [-0.1, -0.05) is 55.5 Å². The van der Waals surface area contributed by atoms with Crippen molar-refractivity contribution in [1.82, 2.24) is 30.2 Å². The molecule has 41 heavy (non-hydrogen) atoms. The minimum absolute atomic E-state index is 0.136. The Kier molecular flexibility index (Phi) is 7.66. The molecule has 212 valence electrons. The number of aromatic nitrogens is 6. The highest BCUT2D eigenvalue weighted by Gasteiger charge is 2.28. The van der Waals surface area contributed by atoms with Crippen molar-refractivity contribution in [2.24, 2.45) is 0 Å². The second-order valence-electron chi connectivity index (χ2n) is 10.5. The molecular formula is C29H30N6O6. The smallest absolute Gasteiger partial charge is 0.453 e. The van der Waals surface area contributed by atoms with Gasteiger partial charge in [-0.15, -0.1) is 10.2 Å². The Morgan fingerprint density at radius 3 is 2.49 bits per heavy atom. The molecular weight excluding hydrogens is 528 g/mol. The SMILES string of the molecule is Cc1oc(=O)oc1COC(=O)c1c(C(C)CC(C)(C)O)ncn1Cc1ccc(-c2ccccc2-c2nn[nH]n2)cc1. The maximum absolute atomic E-state index is 13.4. The van der Waals surface area contributed by atoms with Crippen LogP contribution in [0.3, 0.4) is 0 Å². The van der Waals surface area contributed by atoms with Gasteiger partial charge in [0, 0.05) is 18.0 Å². The average Bonchev–Trinajstić information content (AvgIpc) is 3.67. The Morgan fingerprint density at radius 1 is 1.12 bits per heavy atom. The molecule has 2 N–H and O–H groups in total. The largest absolute Gasteiger partial charge is 0.519 e. The summed E-state index contributed by atoms with van der Waals surface area (Å²) in [7, 11) is 0. The van der Waals surface area contributed by atoms with E-state index in [4.69, 9.17) is 13.6 Å². The van der Waals surface area contributed by atoms with Crippen LogP contribution in [0.1, 0.15) is 66.4 Å². The fraction of sp³-hybridized carbons (Fsp3) is 0.310. The van der Waals surface area contributed by atoms with Crippen LogP contribution in [-0.2, 0) is 17.9 Å². The summed E-state index contributed by atoms with van der Waals surface area (Å²) >= 11 is 0. The topological polar surface area (TPSA) is 162 Å². The molecule has 3 heterocycles. The first kappa shape index (κ1) is 27.7. The van der Waals surface area contributed by atoms with Gasteiger partial charge in [0.05, 0.1) is 17.6 Å². The summed E-state index contributed by atoms with van der Waals surface area (Å²) < 4.78 is 17.1. The summed E-state index contributed by atoms with van der Waals surface area (Å²) in [6.07, 6.45) is 1.98. The number of rotatable bonds is 10. The summed E-state index contributed by atoms with van der Waals surface area (Å²) in [6.45, 7) is 6.95. The molecule has 0 radical (unpaired) electrons. The number of aryl methyl sites for hydroxylation is 1. The first-order valence-electron chi connectivity index (χ1n) is 13.0. The zero-order valence-electron chi connectivity index (χ0n) is 23.1. The summed E-state index contributed by atoms with van der Waals surface area (Å²) in [4.78, 5) is 29.3. The number of carbonyl (C=O) groups excluding carboxylic acids is 1. The molecule has 0 amide bonds. The Labute approximate surface area is 235 Å². The van der Waals surface area contributed by atoms with Crippen molar-refractivity contribution in [3.8, 4) is 22.5 Å². The lowest BCUT2D eigenvalue weighted by Gasteiger charge is -2.22. The molecule has 5 rings (SSSR count). The Balaban J connectivity index is 1.41. The van der Waals surface area contributed by atoms with E-state index in [9.17, 15) is 14.7 Å². The zero-order valence-corrected chi connectivity index (χ0v) is 23.1. The second kappa shape index (κ2) is 11.3. The van der Waals surface area contributed by atoms with Gasteiger partial charge >= 0.3 is 11.8 Å². The number of hydrogen-bond acceptors (Lipinski definition) is 10. The van der Waals surface area contributed by atoms with Crippen LogP contribution in [-0.4, -0.2) is 46.9 Å². The molecule has 12 nitrogen and oxygen atoms in total. The number of ether oxygens (including phenoxy) is 1. The van der Waals surface area contributed by atoms with E-state index in [-0.39, 0.29) is 29.7 Å². The zero-order chi connectivity index (χ0) is 29.1. The third kappa shape index (κ3) is 6.33. The quantitative estimate of drug-likeness (QED) is 0.237. The van der Waals surface area contributed by atoms with Crippen molar-refractivity contribution < 1.29 is 23.5 Å². The van der Waals surface area contributed by atoms with Crippen LogP contribution >= 0.6 is 0 Å². The van der Waals surface area contributed by atoms with Crippen molar-refractivity contribution in [1.29, 1.82) is 0 Å². The molecule has 2 aromatic carbocycles. The van der Waals surface area contributed by atoms with Gasteiger partial charge in [0.2, 0.25) is 5.82 Å². The second-order valence-corrected chi connectivity index (χ2v) is 10.5. The molecule has 0 aliphatic carbocycles. The first-order valence-corrected chi connectivity index (χ1v) is 13.0. The molecule has 1 unspecified atom stereocenters. The highest BCUT2D eigenvalue weighted by molar-refractivity contribution is 5.89. The number of benzene rings is 2. The standard InChI is InChI=1S/C29H30N6O6/c1-17(13-29(3,4)38)24-25(27(36)39-15-23-18(2)40-28(37)41-23)35(16-30-24)14-19-9-11-20(12-10-19)21-7-5-6-8-22(21)26-31-33-34-32-26/h5-12,16-17,38H,13-15H2,1-4H3,(H,31,32,33,34). The van der Waals surface area contributed by atoms with Crippen LogP contribution in [0.15, 0.2) is 68.5 Å². The molecule has 12 heteroatoms. The van der Waals surface area contributed by atoms with E-state index in [1.807, 2.05) is 55.5 Å². The van der Waals surface area contributed by atoms with E-state index in [0.717, 1.165) is 22.3 Å². The molecule has 0 saturated heterocycles. The van der Waals surface area contributed by atoms with Crippen molar-refractivity contribution >= 4 is 5.97 Å². The normalized spacial score (nSPS) is 12.4. The number of tetrazole rings is 1. The third-order valence-corrected chi connectivity index (χ3v) is 6.63. The monoisotopic (exact) mass is 558 g/mol. The van der Waals surface area contributed by atoms with Crippen LogP contribution in [0.4, 0.5) is 0 Å². The van der Waals surface area contributed by atoms with Crippen LogP contribution in [0.5, 0.6) is 0 Å². The van der Waals surface area contributed by atoms with Gasteiger partial charge in [-0.2, -0.15) is 5.21 Å². The number of nitrogens with zero attached hydrogens (tertiary/aromatic N) is 5. The van der Waals surface area contributed by atoms with E-state index in [2.05, 4.69) is 25.6 Å². The molecule has 0 bridgehead atoms. The number of imidazole rings is 1. The number of aliphatic hydroxyl groups is 1. The van der Waals surface area contributed by atoms with Gasteiger partial charge in [-0.25, -0.2) is 14.6 Å². The van der Waals surface area contributed by atoms with Crippen molar-refractivity contribution in [3.63, 3.8) is 0 Å². The maximum Gasteiger partial charge on any atom is 0.519 e. The molecule has 0 saturated carbocycles. The minimum Gasteiger partial charge on any atom is -0.453 e. The van der Waals surface area contributed by atoms with Gasteiger partial charge in [0.1, 0.15) is 0 Å². The summed E-state index contributed by atoms with van der Waals surface area (Å²) in [5.41, 5.74) is 3.51. The number of aromatic amines is 1. The number of esters is 1. The molecule has 0 spiro atoms. The number of hydrogen-bond donors (Lipinski definition) is 2. The van der Waals surface area contributed by atoms with E-state index >= 15 is 0 Å². The third-order valence-electron chi connectivity index (χ3n) is 6.63. The predicted molar refractivity (Wildman–Crippen MR) is 147 cm³/mol. The van der Waals surface area contributed by atoms with E-state index in [1.54, 1.807) is 31.7 Å². The lowest BCUT2D eigenvalue weighted by Crippen LogP contribution is -2.23. The van der Waals surface area contributed by atoms with Crippen LogP contribution in [0, 0.1) is 6.92 Å². The number of nitrogens with one attached hydrogen (secondary N) is 1. The Hall–Kier alpha value is -4.84. The van der Waals surface area contributed by atoms with Gasteiger partial charge in [-0.3, -0.25) is 0 Å². The molecule has 0 aliphatic heterocycles. The summed E-state index contributed by atoms with van der Waals surface area (Å²) in [6, 6.07) is 15.7. The van der Waals surface area contributed by atoms with Gasteiger partial charge in [0.15, 0.2) is 23.8 Å². The van der Waals surface area contributed by atoms with E-state index in [0.29, 0.717) is 24.5 Å². The first-order chi connectivity index (χ1) is 19.6. The molecule has 1 atom stereocenters. The fourth-order valence-electron chi connectivity index (χ4n) is 4.84. The minimum atomic E-state index is -0.963. The average molecular weight is 559 g/mol. The predicted octanol–water partition coefficient (Wildman–Crippen LogP) is 4.25. The molecule has 0 fully saturated rings. The fourth-order valence-corrected chi connectivity index (χ4v) is 4.84. The molecule has 5 aromatic rings. The number of H-pyrrole nitrogens is 1.